The number of halogens is 1. The molecule has 442 valence electrons. The van der Waals surface area contributed by atoms with Crippen molar-refractivity contribution < 1.29 is 188 Å². The van der Waals surface area contributed by atoms with Gasteiger partial charge in [0.15, 0.2) is 0 Å². The monoisotopic (exact) mass is 3850 g/mol. The molecule has 7 aromatic carbocycles. The van der Waals surface area contributed by atoms with E-state index in [0.29, 0.717) is 17.4 Å². The van der Waals surface area contributed by atoms with Crippen molar-refractivity contribution in [3.05, 3.63) is 205 Å². The maximum atomic E-state index is 14.6. The molecule has 0 aromatic heterocycles. The van der Waals surface area contributed by atoms with Gasteiger partial charge in [-0.2, -0.15) is 73.5 Å². The molecule has 112 heavy (non-hydrogen) atoms. The van der Waals surface area contributed by atoms with Crippen LogP contribution in [0.5, 0.6) is 5.75 Å². The van der Waals surface area contributed by atoms with Crippen LogP contribution in [0.4, 0.5) is 4.39 Å². The molecule has 0 unspecified atom stereocenters. The molecule has 0 spiro atoms. The SMILES string of the molecule is CC1CCC(C2CCC(C(=O)Oc3ccc(C4CC[CH-]CC4)cc3)CC2)CC1.CC1CCC(c2ccc(-c3ccc(-c4cc[c-]cc4)c(F)c3)cc2)CC1.CC1CCC(c2ccc(-c3ccc(-c4cc[c-]cc4)cc3)cc2)CC1.[Rb+].[Rb+].[Rb+].[Rb][Rb].[Rb][Rb].[Rb][Rb].[Rb][Rb].[Rb][Rb].[Rb][Rb].[Rb][Rb].[Rb][Rb].[Rb][Rb].[Rb][Rb].[Rb][Rb].[Rb][Rb].[Rb][Rb].[Rb][Rb].[Rb][Rb]. The minimum absolute atomic E-state index is 0. The van der Waals surface area contributed by atoms with Crippen molar-refractivity contribution in [2.75, 3.05) is 0 Å². The van der Waals surface area contributed by atoms with E-state index in [1.54, 1.807) is 6.07 Å². The van der Waals surface area contributed by atoms with Gasteiger partial charge in [0.2, 0.25) is 0 Å². The average Bonchev–Trinajstić information content (AvgIpc) is 0.829. The van der Waals surface area contributed by atoms with E-state index in [1.165, 1.54) is 155 Å². The molecule has 0 heterocycles. The van der Waals surface area contributed by atoms with E-state index in [0.717, 1.165) is 1090 Å². The van der Waals surface area contributed by atoms with E-state index in [4.69, 9.17) is 4.74 Å². The second-order valence-corrected chi connectivity index (χ2v) is 24.8. The van der Waals surface area contributed by atoms with Crippen LogP contribution in [0.3, 0.4) is 0 Å². The molecule has 0 atom stereocenters. The molecule has 7 aromatic rings. The Morgan fingerprint density at radius 3 is 0.884 bits per heavy atom. The minimum atomic E-state index is -0.181. The van der Waals surface area contributed by atoms with Crippen LogP contribution in [0.1, 0.15) is 184 Å². The molecule has 0 aliphatic heterocycles. The number of ether oxygens (including phenoxy) is 1. The molecule has 5 fully saturated rings. The summed E-state index contributed by atoms with van der Waals surface area (Å²) >= 11 is 34.8. The van der Waals surface area contributed by atoms with Gasteiger partial charge in [-0.1, -0.05) is 169 Å². The molecule has 0 N–H and O–H groups in total. The van der Waals surface area contributed by atoms with Crippen LogP contribution in [0, 0.1) is 59.9 Å². The van der Waals surface area contributed by atoms with Gasteiger partial charge < -0.3 is 11.2 Å². The van der Waals surface area contributed by atoms with Crippen LogP contribution in [-0.2, 0) is 4.79 Å². The Bertz CT molecular complexity index is 3000. The maximum absolute atomic E-state index is 14.6. The summed E-state index contributed by atoms with van der Waals surface area (Å²) in [6.45, 7) is 7.13. The van der Waals surface area contributed by atoms with Crippen LogP contribution in [0.15, 0.2) is 164 Å². The number of esters is 1. The van der Waals surface area contributed by atoms with E-state index in [9.17, 15) is 9.18 Å². The number of hydrogen-bond acceptors (Lipinski definition) is 2. The van der Waals surface area contributed by atoms with Crippen LogP contribution in [-0.4, -0.2) is 1020 Å². The van der Waals surface area contributed by atoms with Crippen molar-refractivity contribution >= 4 is 1020 Å². The van der Waals surface area contributed by atoms with Crippen molar-refractivity contribution in [1.29, 1.82) is 0 Å². The van der Waals surface area contributed by atoms with Crippen LogP contribution >= 0.6 is 0 Å². The number of carbonyl (C=O) groups excluding carboxylic acids is 1. The number of carbonyl (C=O) groups is 1. The molecule has 0 saturated heterocycles. The summed E-state index contributed by atoms with van der Waals surface area (Å²) in [5, 5.41) is 0. The molecule has 2 nitrogen and oxygen atoms in total. The third kappa shape index (κ3) is 97.4. The molecular formula is C76H86FO2Rb33. The fourth-order valence-electron chi connectivity index (χ4n) is 13.9. The second-order valence-electron chi connectivity index (χ2n) is 24.8. The van der Waals surface area contributed by atoms with Crippen LogP contribution < -0.4 is 179 Å². The fourth-order valence-corrected chi connectivity index (χ4v) is 13.9. The Labute approximate surface area is 1570 Å². The predicted octanol–water partition coefficient (Wildman–Crippen LogP) is 1.04. The van der Waals surface area contributed by atoms with Gasteiger partial charge in [-0.05, 0) is 180 Å². The van der Waals surface area contributed by atoms with E-state index < -0.39 is 0 Å². The molecule has 12 rings (SSSR count). The number of rotatable bonds is 10. The summed E-state index contributed by atoms with van der Waals surface area (Å²) in [6.07, 6.45) is 28.2. The summed E-state index contributed by atoms with van der Waals surface area (Å²) < 4.78 is 20.4. The van der Waals surface area contributed by atoms with E-state index >= 15 is 0 Å². The van der Waals surface area contributed by atoms with Gasteiger partial charge in [0.25, 0.3) is 0 Å². The molecular weight excluding hydrogens is 3780 g/mol. The first-order valence-electron chi connectivity index (χ1n) is 45.9. The average molecular weight is 3870 g/mol. The van der Waals surface area contributed by atoms with Gasteiger partial charge in [-0.25, -0.2) is 4.39 Å². The van der Waals surface area contributed by atoms with Crippen molar-refractivity contribution in [2.45, 2.75) is 167 Å². The van der Waals surface area contributed by atoms with E-state index in [2.05, 4.69) is 136 Å². The van der Waals surface area contributed by atoms with Crippen molar-refractivity contribution in [1.82, 2.24) is 0 Å². The quantitative estimate of drug-likeness (QED) is 0.117. The third-order valence-electron chi connectivity index (χ3n) is 19.2. The van der Waals surface area contributed by atoms with Crippen molar-refractivity contribution in [2.24, 2.45) is 35.5 Å². The van der Waals surface area contributed by atoms with Gasteiger partial charge >= 0.3 is 1200 Å². The summed E-state index contributed by atoms with van der Waals surface area (Å²) in [6, 6.07) is 62.3. The van der Waals surface area contributed by atoms with Crippen molar-refractivity contribution in [3.63, 3.8) is 0 Å². The molecule has 5 saturated carbocycles. The van der Waals surface area contributed by atoms with Crippen LogP contribution in [0.2, 0.25) is 0 Å². The zero-order chi connectivity index (χ0) is 84.3. The van der Waals surface area contributed by atoms with E-state index in [1.807, 2.05) is 60.7 Å². The van der Waals surface area contributed by atoms with Gasteiger partial charge in [0.05, 0.1) is 5.92 Å². The standard InChI is InChI=1S/C26H37O2.C25H24F.C25H25.33Rb/c1-19-7-9-21(10-8-19)22-11-13-24(14-12-22)26(27)28-25-17-15-23(16-18-25)20-5-3-2-4-6-20;1-18-7-9-19(10-8-18)20-11-13-21(14-12-20)23-15-16-24(25(26)17-23)22-5-3-2-4-6-22;1-19-7-9-21(10-8-19)23-15-17-25(18-16-23)24-13-11-22(12-14-24)20-5-3-2-4-6-20;;;;;;;;;;;;;;;;;;;;;;;;;;;;;;;;;/h2,15-22,24H,3-14H2,1H3;3-6,11-19H,7-10H2,1H3;3-6,11-19,21H,7-10H2,1H3;;;;;;;;;;;;;;;;;;;;;;;;;;;;;;;;;/q3*-1;;;;;;;;;;;;;;;;;;;;;;;;;;;;;;;3*+1. The fraction of sp³-hybridized carbons (Fsp3) is 0.421. The first-order chi connectivity index (χ1) is 53.7. The molecule has 36 heteroatoms. The van der Waals surface area contributed by atoms with Gasteiger partial charge in [0.1, 0.15) is 11.6 Å². The summed E-state index contributed by atoms with van der Waals surface area (Å²) in [5.41, 5.74) is 13.0. The Hall–Kier alpha value is 53.5. The number of benzene rings is 7. The second kappa shape index (κ2) is 146. The zero-order valence-corrected chi connectivity index (χ0v) is 243. The van der Waals surface area contributed by atoms with Gasteiger partial charge in [-0.15, -0.1) is 11.1 Å². The normalized spacial score (nSPS) is 18.3. The van der Waals surface area contributed by atoms with Crippen LogP contribution in [0.25, 0.3) is 44.5 Å². The Kier molecular flexibility index (Phi) is 239. The molecule has 5 aliphatic rings. The summed E-state index contributed by atoms with van der Waals surface area (Å²) in [5.74, 6) is 7.24. The van der Waals surface area contributed by atoms with Gasteiger partial charge in [-0.3, -0.25) is 4.79 Å². The third-order valence-corrected chi connectivity index (χ3v) is 19.2. The Balaban J connectivity index is -0.000000171. The first kappa shape index (κ1) is 183. The zero-order valence-electron chi connectivity index (χ0n) is 80.7. The summed E-state index contributed by atoms with van der Waals surface area (Å²) in [7, 11) is 0. The van der Waals surface area contributed by atoms with Gasteiger partial charge in [0, 0.05) is 0 Å². The Morgan fingerprint density at radius 1 is 0.312 bits per heavy atom. The molecule has 0 amide bonds. The van der Waals surface area contributed by atoms with E-state index in [-0.39, 0.29) is 192 Å². The Morgan fingerprint density at radius 2 is 0.562 bits per heavy atom. The molecule has 5 aliphatic carbocycles. The molecule has 0 bridgehead atoms. The molecule has 0 radical (unpaired) electrons. The predicted molar refractivity (Wildman–Crippen MR) is 500 cm³/mol. The van der Waals surface area contributed by atoms with Crippen molar-refractivity contribution in [3.8, 4) is 50.3 Å². The summed E-state index contributed by atoms with van der Waals surface area (Å²) in [4.78, 5) is 12.7. The topological polar surface area (TPSA) is 26.3 Å². The number of hydrogen-bond donors (Lipinski definition) is 0. The first-order valence-corrected chi connectivity index (χ1v) is 556.